The van der Waals surface area contributed by atoms with Crippen molar-refractivity contribution in [1.29, 1.82) is 0 Å². The molecular weight excluding hydrogens is 402 g/mol. The third-order valence-corrected chi connectivity index (χ3v) is 4.42. The molecule has 0 aliphatic rings. The molecule has 0 amide bonds. The van der Waals surface area contributed by atoms with E-state index in [1.54, 1.807) is 0 Å². The van der Waals surface area contributed by atoms with E-state index in [2.05, 4.69) is 36.8 Å². The Hall–Kier alpha value is 1.39. The van der Waals surface area contributed by atoms with E-state index < -0.39 is 10.4 Å². The van der Waals surface area contributed by atoms with E-state index in [0.29, 0.717) is 0 Å². The van der Waals surface area contributed by atoms with E-state index >= 15 is 0 Å². The maximum atomic E-state index is 8.74. The zero-order valence-corrected chi connectivity index (χ0v) is 21.0. The summed E-state index contributed by atoms with van der Waals surface area (Å²) in [5.41, 5.74) is 0. The molecule has 0 aromatic heterocycles. The quantitative estimate of drug-likeness (QED) is 0.224. The second kappa shape index (κ2) is 26.6. The Morgan fingerprint density at radius 3 is 1.46 bits per heavy atom. The van der Waals surface area contributed by atoms with Gasteiger partial charge in [0.15, 0.2) is 0 Å². The van der Waals surface area contributed by atoms with Crippen LogP contribution in [0.15, 0.2) is 0 Å². The van der Waals surface area contributed by atoms with Gasteiger partial charge in [-0.05, 0) is 0 Å². The summed E-state index contributed by atoms with van der Waals surface area (Å²) in [7, 11) is -4.67. The molecule has 0 spiro atoms. The van der Waals surface area contributed by atoms with Gasteiger partial charge in [-0.3, -0.25) is 9.11 Å². The van der Waals surface area contributed by atoms with E-state index in [-0.39, 0.29) is 29.6 Å². The van der Waals surface area contributed by atoms with Crippen LogP contribution in [0, 0.1) is 6.92 Å². The van der Waals surface area contributed by atoms with Gasteiger partial charge in [0.1, 0.15) is 0 Å². The van der Waals surface area contributed by atoms with Crippen LogP contribution in [0.1, 0.15) is 97.8 Å². The minimum Gasteiger partial charge on any atom is -0.344 e. The molecule has 0 heterocycles. The standard InChI is InChI=1S/C14H30Se.C3H7.Na.H2O4S/c1-3-5-6-7-8-9-10-11-12-13-14(15)4-2;1-3-2;;1-5(2,3)4/h14-15H,3-13H2,1-2H3;1,3H2,2H3;;(H2,1,2,3,4)/q;-1;+1;. The molecule has 2 N–H and O–H groups in total. The number of hydrogen-bond donors (Lipinski definition) is 2. The fraction of sp³-hybridized carbons (Fsp3) is 0.941. The van der Waals surface area contributed by atoms with E-state index in [9.17, 15) is 0 Å². The van der Waals surface area contributed by atoms with Crippen molar-refractivity contribution in [2.75, 3.05) is 0 Å². The Morgan fingerprint density at radius 1 is 0.875 bits per heavy atom. The molecule has 7 heteroatoms. The summed E-state index contributed by atoms with van der Waals surface area (Å²) in [4.78, 5) is 0.891. The number of rotatable bonds is 11. The Balaban J connectivity index is -0.000000186. The molecule has 0 bridgehead atoms. The second-order valence-corrected chi connectivity index (χ2v) is 8.05. The van der Waals surface area contributed by atoms with Crippen LogP contribution in [0.4, 0.5) is 0 Å². The van der Waals surface area contributed by atoms with Crippen molar-refractivity contribution >= 4 is 26.4 Å². The molecule has 24 heavy (non-hydrogen) atoms. The van der Waals surface area contributed by atoms with Crippen molar-refractivity contribution in [2.45, 2.75) is 103 Å². The summed E-state index contributed by atoms with van der Waals surface area (Å²) in [6.45, 7) is 10.1. The van der Waals surface area contributed by atoms with Gasteiger partial charge in [0.2, 0.25) is 0 Å². The van der Waals surface area contributed by atoms with Gasteiger partial charge in [0.25, 0.3) is 0 Å². The largest absolute Gasteiger partial charge is 1.00 e. The molecule has 144 valence electrons. The molecular formula is C17H39NaO4SSe. The first-order valence-corrected chi connectivity index (χ1v) is 11.4. The van der Waals surface area contributed by atoms with Crippen LogP contribution in [-0.4, -0.2) is 33.5 Å². The molecule has 4 nitrogen and oxygen atoms in total. The van der Waals surface area contributed by atoms with Gasteiger partial charge in [0.05, 0.1) is 0 Å². The van der Waals surface area contributed by atoms with Gasteiger partial charge in [-0.2, -0.15) is 14.8 Å². The minimum absolute atomic E-state index is 0. The summed E-state index contributed by atoms with van der Waals surface area (Å²) in [5, 5.41) is 0. The fourth-order valence-electron chi connectivity index (χ4n) is 1.89. The minimum atomic E-state index is -4.67. The Bertz CT molecular complexity index is 293. The van der Waals surface area contributed by atoms with Crippen LogP contribution in [0.25, 0.3) is 0 Å². The second-order valence-electron chi connectivity index (χ2n) is 5.63. The average Bonchev–Trinajstić information content (AvgIpc) is 2.44. The van der Waals surface area contributed by atoms with E-state index in [4.69, 9.17) is 17.5 Å². The van der Waals surface area contributed by atoms with Crippen LogP contribution >= 0.6 is 0 Å². The summed E-state index contributed by atoms with van der Waals surface area (Å²) >= 11 is 2.82. The van der Waals surface area contributed by atoms with Crippen LogP contribution < -0.4 is 29.6 Å². The molecule has 0 radical (unpaired) electrons. The van der Waals surface area contributed by atoms with E-state index in [1.165, 1.54) is 70.6 Å². The zero-order valence-electron chi connectivity index (χ0n) is 16.3. The van der Waals surface area contributed by atoms with Crippen molar-refractivity contribution < 1.29 is 47.1 Å². The van der Waals surface area contributed by atoms with Crippen molar-refractivity contribution in [3.63, 3.8) is 0 Å². The summed E-state index contributed by atoms with van der Waals surface area (Å²) in [6, 6.07) is 0. The molecule has 1 unspecified atom stereocenters. The van der Waals surface area contributed by atoms with Crippen molar-refractivity contribution in [3.05, 3.63) is 6.92 Å². The Labute approximate surface area is 182 Å². The zero-order chi connectivity index (χ0) is 18.6. The first kappa shape index (κ1) is 33.0. The molecule has 0 aliphatic carbocycles. The number of unbranched alkanes of at least 4 members (excludes halogenated alkanes) is 8. The molecule has 0 aliphatic heterocycles. The molecule has 0 rings (SSSR count). The topological polar surface area (TPSA) is 74.6 Å². The number of hydrogen-bond acceptors (Lipinski definition) is 2. The van der Waals surface area contributed by atoms with Crippen LogP contribution in [-0.2, 0) is 10.4 Å². The SMILES string of the molecule is CCCCCCCCCCCC([SeH])CC.O=S(=O)(O)O.[CH2-]CC.[Na+]. The van der Waals surface area contributed by atoms with Crippen molar-refractivity contribution in [2.24, 2.45) is 0 Å². The summed E-state index contributed by atoms with van der Waals surface area (Å²) in [6.07, 6.45) is 16.8. The van der Waals surface area contributed by atoms with Gasteiger partial charge < -0.3 is 6.92 Å². The third-order valence-electron chi connectivity index (χ3n) is 3.11. The monoisotopic (exact) mass is 442 g/mol. The van der Waals surface area contributed by atoms with Crippen molar-refractivity contribution in [3.8, 4) is 0 Å². The Morgan fingerprint density at radius 2 is 1.17 bits per heavy atom. The predicted molar refractivity (Wildman–Crippen MR) is 103 cm³/mol. The smallest absolute Gasteiger partial charge is 0.344 e. The normalized spacial score (nSPS) is 11.3. The van der Waals surface area contributed by atoms with Gasteiger partial charge in [-0.25, -0.2) is 0 Å². The maximum Gasteiger partial charge on any atom is 1.00 e. The summed E-state index contributed by atoms with van der Waals surface area (Å²) < 4.78 is 31.6. The molecule has 1 atom stereocenters. The molecule has 0 fully saturated rings. The first-order valence-electron chi connectivity index (χ1n) is 8.89. The average molecular weight is 442 g/mol. The van der Waals surface area contributed by atoms with E-state index in [0.717, 1.165) is 11.2 Å². The van der Waals surface area contributed by atoms with Gasteiger partial charge in [-0.15, -0.1) is 0 Å². The summed E-state index contributed by atoms with van der Waals surface area (Å²) in [5.74, 6) is 0. The maximum absolute atomic E-state index is 8.74. The van der Waals surface area contributed by atoms with Crippen LogP contribution in [0.5, 0.6) is 0 Å². The Kier molecular flexibility index (Phi) is 36.6. The molecule has 0 saturated heterocycles. The molecule has 0 saturated carbocycles. The van der Waals surface area contributed by atoms with E-state index in [1.807, 2.05) is 6.92 Å². The van der Waals surface area contributed by atoms with Crippen molar-refractivity contribution in [1.82, 2.24) is 0 Å². The first-order chi connectivity index (χ1) is 10.7. The fourth-order valence-corrected chi connectivity index (χ4v) is 2.28. The molecule has 0 aromatic rings. The van der Waals surface area contributed by atoms with Crippen LogP contribution in [0.2, 0.25) is 4.82 Å². The van der Waals surface area contributed by atoms with Gasteiger partial charge >= 0.3 is 145 Å². The third kappa shape index (κ3) is 56.6. The predicted octanol–water partition coefficient (Wildman–Crippen LogP) is 2.59. The van der Waals surface area contributed by atoms with Gasteiger partial charge in [0, 0.05) is 0 Å². The van der Waals surface area contributed by atoms with Gasteiger partial charge in [-0.1, -0.05) is 6.92 Å². The molecule has 0 aromatic carbocycles. The van der Waals surface area contributed by atoms with Crippen LogP contribution in [0.3, 0.4) is 0 Å².